The van der Waals surface area contributed by atoms with Gasteiger partial charge in [-0.2, -0.15) is 0 Å². The average molecular weight is 371 g/mol. The van der Waals surface area contributed by atoms with Crippen LogP contribution in [0.25, 0.3) is 11.1 Å². The third kappa shape index (κ3) is 3.29. The molecule has 0 heterocycles. The zero-order valence-electron chi connectivity index (χ0n) is 15.9. The van der Waals surface area contributed by atoms with Crippen LogP contribution in [0.1, 0.15) is 39.9 Å². The van der Waals surface area contributed by atoms with E-state index in [9.17, 15) is 9.59 Å². The first-order chi connectivity index (χ1) is 13.5. The Kier molecular flexibility index (Phi) is 4.70. The topological polar surface area (TPSA) is 55.4 Å². The van der Waals surface area contributed by atoms with E-state index in [1.54, 1.807) is 18.2 Å². The molecule has 0 saturated carbocycles. The van der Waals surface area contributed by atoms with Gasteiger partial charge < -0.3 is 4.74 Å². The molecule has 4 heteroatoms. The number of anilines is 1. The minimum Gasteiger partial charge on any atom is -0.448 e. The van der Waals surface area contributed by atoms with Gasteiger partial charge in [-0.15, -0.1) is 0 Å². The Morgan fingerprint density at radius 3 is 2.11 bits per heavy atom. The SMILES string of the molecule is CC(=O)c1ccc(NC(=O)OCC2c3ccccc3-c3ccccc32)c(C)c1. The molecule has 4 rings (SSSR count). The molecule has 1 aliphatic carbocycles. The molecule has 0 fully saturated rings. The van der Waals surface area contributed by atoms with E-state index in [0.717, 1.165) is 5.56 Å². The fraction of sp³-hybridized carbons (Fsp3) is 0.167. The molecular formula is C24H21NO3. The van der Waals surface area contributed by atoms with Crippen molar-refractivity contribution >= 4 is 17.6 Å². The lowest BCUT2D eigenvalue weighted by Crippen LogP contribution is -2.18. The summed E-state index contributed by atoms with van der Waals surface area (Å²) in [4.78, 5) is 23.8. The van der Waals surface area contributed by atoms with E-state index < -0.39 is 6.09 Å². The average Bonchev–Trinajstić information content (AvgIpc) is 3.02. The predicted octanol–water partition coefficient (Wildman–Crippen LogP) is 5.56. The smallest absolute Gasteiger partial charge is 0.411 e. The van der Waals surface area contributed by atoms with Crippen molar-refractivity contribution in [2.75, 3.05) is 11.9 Å². The maximum absolute atomic E-state index is 12.4. The lowest BCUT2D eigenvalue weighted by Gasteiger charge is -2.15. The molecule has 4 nitrogen and oxygen atoms in total. The van der Waals surface area contributed by atoms with Gasteiger partial charge in [-0.05, 0) is 59.9 Å². The van der Waals surface area contributed by atoms with E-state index in [1.165, 1.54) is 29.2 Å². The molecule has 0 saturated heterocycles. The molecule has 1 amide bonds. The normalized spacial score (nSPS) is 12.2. The van der Waals surface area contributed by atoms with Gasteiger partial charge in [-0.25, -0.2) is 4.79 Å². The summed E-state index contributed by atoms with van der Waals surface area (Å²) in [5, 5.41) is 2.78. The van der Waals surface area contributed by atoms with Crippen molar-refractivity contribution in [3.8, 4) is 11.1 Å². The zero-order valence-corrected chi connectivity index (χ0v) is 15.9. The second-order valence-electron chi connectivity index (χ2n) is 7.04. The van der Waals surface area contributed by atoms with Crippen LogP contribution in [0.4, 0.5) is 10.5 Å². The summed E-state index contributed by atoms with van der Waals surface area (Å²) in [6.07, 6.45) is -0.500. The van der Waals surface area contributed by atoms with Crippen LogP contribution >= 0.6 is 0 Å². The maximum atomic E-state index is 12.4. The Morgan fingerprint density at radius 2 is 1.54 bits per heavy atom. The number of hydrogen-bond acceptors (Lipinski definition) is 3. The highest BCUT2D eigenvalue weighted by atomic mass is 16.5. The highest BCUT2D eigenvalue weighted by Crippen LogP contribution is 2.44. The fourth-order valence-electron chi connectivity index (χ4n) is 3.77. The molecule has 0 aromatic heterocycles. The van der Waals surface area contributed by atoms with Crippen molar-refractivity contribution in [2.24, 2.45) is 0 Å². The summed E-state index contributed by atoms with van der Waals surface area (Å²) in [5.41, 5.74) is 6.83. The van der Waals surface area contributed by atoms with Gasteiger partial charge in [0.05, 0.1) is 0 Å². The number of fused-ring (bicyclic) bond motifs is 3. The number of hydrogen-bond donors (Lipinski definition) is 1. The van der Waals surface area contributed by atoms with E-state index in [1.807, 2.05) is 31.2 Å². The van der Waals surface area contributed by atoms with E-state index in [4.69, 9.17) is 4.74 Å². The zero-order chi connectivity index (χ0) is 19.7. The minimum absolute atomic E-state index is 0.00390. The molecular weight excluding hydrogens is 350 g/mol. The molecule has 0 radical (unpaired) electrons. The number of carbonyl (C=O) groups excluding carboxylic acids is 2. The number of rotatable bonds is 4. The minimum atomic E-state index is -0.500. The van der Waals surface area contributed by atoms with Crippen molar-refractivity contribution < 1.29 is 14.3 Å². The van der Waals surface area contributed by atoms with E-state index in [2.05, 4.69) is 29.6 Å². The van der Waals surface area contributed by atoms with Crippen LogP contribution < -0.4 is 5.32 Å². The number of carbonyl (C=O) groups is 2. The van der Waals surface area contributed by atoms with Gasteiger partial charge in [-0.1, -0.05) is 48.5 Å². The Hall–Kier alpha value is -3.40. The molecule has 140 valence electrons. The molecule has 0 bridgehead atoms. The van der Waals surface area contributed by atoms with Gasteiger partial charge in [0.25, 0.3) is 0 Å². The highest BCUT2D eigenvalue weighted by Gasteiger charge is 2.29. The summed E-state index contributed by atoms with van der Waals surface area (Å²) in [6, 6.07) is 21.7. The van der Waals surface area contributed by atoms with Crippen LogP contribution in [-0.4, -0.2) is 18.5 Å². The Balaban J connectivity index is 1.48. The highest BCUT2D eigenvalue weighted by molar-refractivity contribution is 5.95. The Bertz CT molecular complexity index is 1030. The largest absolute Gasteiger partial charge is 0.448 e. The molecule has 0 spiro atoms. The molecule has 3 aromatic rings. The second-order valence-corrected chi connectivity index (χ2v) is 7.04. The molecule has 0 atom stereocenters. The fourth-order valence-corrected chi connectivity index (χ4v) is 3.77. The van der Waals surface area contributed by atoms with Gasteiger partial charge in [0.15, 0.2) is 5.78 Å². The third-order valence-electron chi connectivity index (χ3n) is 5.21. The number of ketones is 1. The standard InChI is InChI=1S/C24H21NO3/c1-15-13-17(16(2)26)11-12-23(15)25-24(27)28-14-22-20-9-5-3-7-18(20)19-8-4-6-10-21(19)22/h3-13,22H,14H2,1-2H3,(H,25,27). The molecule has 28 heavy (non-hydrogen) atoms. The first kappa shape index (κ1) is 18.0. The monoisotopic (exact) mass is 371 g/mol. The molecule has 3 aromatic carbocycles. The Morgan fingerprint density at radius 1 is 0.929 bits per heavy atom. The first-order valence-corrected chi connectivity index (χ1v) is 9.28. The van der Waals surface area contributed by atoms with Crippen LogP contribution in [0, 0.1) is 6.92 Å². The molecule has 1 N–H and O–H groups in total. The third-order valence-corrected chi connectivity index (χ3v) is 5.21. The number of benzene rings is 3. The van der Waals surface area contributed by atoms with Crippen molar-refractivity contribution in [3.63, 3.8) is 0 Å². The van der Waals surface area contributed by atoms with Crippen LogP contribution in [-0.2, 0) is 4.74 Å². The van der Waals surface area contributed by atoms with Crippen molar-refractivity contribution in [1.82, 2.24) is 0 Å². The second kappa shape index (κ2) is 7.31. The molecule has 0 aliphatic heterocycles. The van der Waals surface area contributed by atoms with E-state index in [-0.39, 0.29) is 18.3 Å². The van der Waals surface area contributed by atoms with Crippen LogP contribution in [0.2, 0.25) is 0 Å². The number of ether oxygens (including phenoxy) is 1. The molecule has 0 unspecified atom stereocenters. The van der Waals surface area contributed by atoms with Gasteiger partial charge >= 0.3 is 6.09 Å². The Labute approximate surface area is 164 Å². The van der Waals surface area contributed by atoms with Gasteiger partial charge in [0, 0.05) is 17.2 Å². The van der Waals surface area contributed by atoms with Gasteiger partial charge in [0.2, 0.25) is 0 Å². The lowest BCUT2D eigenvalue weighted by atomic mass is 9.98. The number of amides is 1. The quantitative estimate of drug-likeness (QED) is 0.611. The lowest BCUT2D eigenvalue weighted by molar-refractivity contribution is 0.101. The van der Waals surface area contributed by atoms with E-state index in [0.29, 0.717) is 11.3 Å². The summed E-state index contributed by atoms with van der Waals surface area (Å²) in [5.74, 6) is 0.0233. The van der Waals surface area contributed by atoms with E-state index >= 15 is 0 Å². The van der Waals surface area contributed by atoms with Crippen molar-refractivity contribution in [3.05, 3.63) is 89.0 Å². The van der Waals surface area contributed by atoms with Gasteiger partial charge in [0.1, 0.15) is 6.61 Å². The predicted molar refractivity (Wildman–Crippen MR) is 110 cm³/mol. The number of aryl methyl sites for hydroxylation is 1. The summed E-state index contributed by atoms with van der Waals surface area (Å²) in [7, 11) is 0. The summed E-state index contributed by atoms with van der Waals surface area (Å²) >= 11 is 0. The van der Waals surface area contributed by atoms with Gasteiger partial charge in [-0.3, -0.25) is 10.1 Å². The summed E-state index contributed by atoms with van der Waals surface area (Å²) in [6.45, 7) is 3.64. The molecule has 1 aliphatic rings. The van der Waals surface area contributed by atoms with Crippen LogP contribution in [0.15, 0.2) is 66.7 Å². The maximum Gasteiger partial charge on any atom is 0.411 e. The van der Waals surface area contributed by atoms with Crippen molar-refractivity contribution in [2.45, 2.75) is 19.8 Å². The van der Waals surface area contributed by atoms with Crippen LogP contribution in [0.5, 0.6) is 0 Å². The summed E-state index contributed by atoms with van der Waals surface area (Å²) < 4.78 is 5.56. The first-order valence-electron chi connectivity index (χ1n) is 9.28. The number of Topliss-reactive ketones (excluding diaryl/α,β-unsaturated/α-hetero) is 1. The van der Waals surface area contributed by atoms with Crippen molar-refractivity contribution in [1.29, 1.82) is 0 Å². The number of nitrogens with one attached hydrogen (secondary N) is 1. The van der Waals surface area contributed by atoms with Crippen LogP contribution in [0.3, 0.4) is 0 Å².